The van der Waals surface area contributed by atoms with Gasteiger partial charge in [-0.2, -0.15) is 0 Å². The summed E-state index contributed by atoms with van der Waals surface area (Å²) in [6.45, 7) is 10.8. The van der Waals surface area contributed by atoms with Gasteiger partial charge in [-0.15, -0.1) is 0 Å². The molecule has 0 aromatic rings. The van der Waals surface area contributed by atoms with Gasteiger partial charge in [-0.3, -0.25) is 0 Å². The van der Waals surface area contributed by atoms with E-state index in [0.29, 0.717) is 0 Å². The molecule has 5 heteroatoms. The number of sulfone groups is 1. The Morgan fingerprint density at radius 1 is 1.28 bits per heavy atom. The van der Waals surface area contributed by atoms with Crippen LogP contribution < -0.4 is 5.32 Å². The summed E-state index contributed by atoms with van der Waals surface area (Å²) in [5, 5.41) is 3.30. The standard InChI is InChI=1S/C13H28N2O2S/c1-11-7-12(2)9-15(8-11)6-5-14-13(3)10-18(4,16)17/h11-14H,5-10H2,1-4H3/t11-,12+,13-/m1/s1. The van der Waals surface area contributed by atoms with E-state index in [9.17, 15) is 8.42 Å². The SMILES string of the molecule is C[C@@H]1C[C@H](C)CN(CCN[C@H](C)CS(C)(=O)=O)C1. The Hall–Kier alpha value is -0.130. The van der Waals surface area contributed by atoms with Gasteiger partial charge < -0.3 is 10.2 Å². The lowest BCUT2D eigenvalue weighted by molar-refractivity contribution is 0.141. The number of rotatable bonds is 6. The zero-order valence-corrected chi connectivity index (χ0v) is 13.0. The van der Waals surface area contributed by atoms with Crippen molar-refractivity contribution >= 4 is 9.84 Å². The zero-order valence-electron chi connectivity index (χ0n) is 12.1. The summed E-state index contributed by atoms with van der Waals surface area (Å²) in [5.74, 6) is 1.78. The molecule has 1 saturated heterocycles. The van der Waals surface area contributed by atoms with E-state index < -0.39 is 9.84 Å². The molecule has 1 aliphatic heterocycles. The highest BCUT2D eigenvalue weighted by atomic mass is 32.2. The van der Waals surface area contributed by atoms with E-state index in [0.717, 1.165) is 24.9 Å². The van der Waals surface area contributed by atoms with Gasteiger partial charge in [-0.25, -0.2) is 8.42 Å². The van der Waals surface area contributed by atoms with E-state index in [-0.39, 0.29) is 11.8 Å². The molecule has 3 atom stereocenters. The molecule has 1 rings (SSSR count). The van der Waals surface area contributed by atoms with Gasteiger partial charge in [-0.1, -0.05) is 13.8 Å². The lowest BCUT2D eigenvalue weighted by Crippen LogP contribution is -2.44. The van der Waals surface area contributed by atoms with Crippen molar-refractivity contribution in [2.24, 2.45) is 11.8 Å². The van der Waals surface area contributed by atoms with E-state index in [1.165, 1.54) is 25.8 Å². The van der Waals surface area contributed by atoms with Crippen LogP contribution in [0.2, 0.25) is 0 Å². The Balaban J connectivity index is 2.21. The van der Waals surface area contributed by atoms with Crippen LogP contribution in [0.5, 0.6) is 0 Å². The average molecular weight is 276 g/mol. The minimum Gasteiger partial charge on any atom is -0.312 e. The third kappa shape index (κ3) is 6.71. The van der Waals surface area contributed by atoms with E-state index in [1.807, 2.05) is 6.92 Å². The third-order valence-electron chi connectivity index (χ3n) is 3.42. The van der Waals surface area contributed by atoms with E-state index in [1.54, 1.807) is 0 Å². The highest BCUT2D eigenvalue weighted by Gasteiger charge is 2.21. The first-order valence-corrected chi connectivity index (χ1v) is 8.95. The highest BCUT2D eigenvalue weighted by molar-refractivity contribution is 7.90. The van der Waals surface area contributed by atoms with Crippen LogP contribution in [0.25, 0.3) is 0 Å². The van der Waals surface area contributed by atoms with Gasteiger partial charge in [0.1, 0.15) is 9.84 Å². The van der Waals surface area contributed by atoms with E-state index >= 15 is 0 Å². The van der Waals surface area contributed by atoms with Crippen LogP contribution in [0, 0.1) is 11.8 Å². The highest BCUT2D eigenvalue weighted by Crippen LogP contribution is 2.20. The molecule has 0 aromatic heterocycles. The number of nitrogens with one attached hydrogen (secondary N) is 1. The molecule has 0 radical (unpaired) electrons. The van der Waals surface area contributed by atoms with Crippen molar-refractivity contribution in [2.45, 2.75) is 33.2 Å². The van der Waals surface area contributed by atoms with Crippen molar-refractivity contribution in [3.8, 4) is 0 Å². The normalized spacial score (nSPS) is 28.2. The van der Waals surface area contributed by atoms with Crippen LogP contribution in [0.3, 0.4) is 0 Å². The van der Waals surface area contributed by atoms with Crippen molar-refractivity contribution in [2.75, 3.05) is 38.2 Å². The zero-order chi connectivity index (χ0) is 13.8. The number of hydrogen-bond acceptors (Lipinski definition) is 4. The summed E-state index contributed by atoms with van der Waals surface area (Å²) in [6.07, 6.45) is 2.62. The second-order valence-electron chi connectivity index (χ2n) is 6.15. The van der Waals surface area contributed by atoms with Crippen molar-refractivity contribution in [1.82, 2.24) is 10.2 Å². The summed E-state index contributed by atoms with van der Waals surface area (Å²) >= 11 is 0. The lowest BCUT2D eigenvalue weighted by Gasteiger charge is -2.35. The summed E-state index contributed by atoms with van der Waals surface area (Å²) < 4.78 is 22.3. The second-order valence-corrected chi connectivity index (χ2v) is 8.34. The van der Waals surface area contributed by atoms with Gasteiger partial charge >= 0.3 is 0 Å². The molecule has 1 heterocycles. The van der Waals surface area contributed by atoms with Crippen molar-refractivity contribution < 1.29 is 8.42 Å². The molecule has 1 fully saturated rings. The monoisotopic (exact) mass is 276 g/mol. The molecule has 1 N–H and O–H groups in total. The quantitative estimate of drug-likeness (QED) is 0.786. The van der Waals surface area contributed by atoms with Gasteiger partial charge in [0.2, 0.25) is 0 Å². The number of likely N-dealkylation sites (tertiary alicyclic amines) is 1. The first kappa shape index (κ1) is 15.9. The molecular formula is C13H28N2O2S. The van der Waals surface area contributed by atoms with Crippen molar-refractivity contribution in [1.29, 1.82) is 0 Å². The first-order chi connectivity index (χ1) is 8.26. The lowest BCUT2D eigenvalue weighted by atomic mass is 9.92. The van der Waals surface area contributed by atoms with Crippen LogP contribution in [0.15, 0.2) is 0 Å². The fourth-order valence-corrected chi connectivity index (χ4v) is 3.98. The minimum absolute atomic E-state index is 0.0413. The predicted molar refractivity (Wildman–Crippen MR) is 76.6 cm³/mol. The van der Waals surface area contributed by atoms with Crippen LogP contribution in [0.1, 0.15) is 27.2 Å². The Morgan fingerprint density at radius 2 is 1.83 bits per heavy atom. The van der Waals surface area contributed by atoms with Crippen LogP contribution in [0.4, 0.5) is 0 Å². The molecule has 0 aliphatic carbocycles. The van der Waals surface area contributed by atoms with Crippen LogP contribution in [-0.4, -0.2) is 57.5 Å². The molecule has 108 valence electrons. The molecule has 0 amide bonds. The predicted octanol–water partition coefficient (Wildman–Crippen LogP) is 0.987. The van der Waals surface area contributed by atoms with Gasteiger partial charge in [0.15, 0.2) is 0 Å². The summed E-state index contributed by atoms with van der Waals surface area (Å²) in [4.78, 5) is 2.49. The molecule has 0 unspecified atom stereocenters. The Bertz CT molecular complexity index is 333. The molecule has 0 bridgehead atoms. The molecular weight excluding hydrogens is 248 g/mol. The molecule has 0 aromatic carbocycles. The van der Waals surface area contributed by atoms with E-state index in [4.69, 9.17) is 0 Å². The average Bonchev–Trinajstić information content (AvgIpc) is 2.12. The Labute approximate surface area is 112 Å². The summed E-state index contributed by atoms with van der Waals surface area (Å²) in [5.41, 5.74) is 0. The second kappa shape index (κ2) is 6.87. The summed E-state index contributed by atoms with van der Waals surface area (Å²) in [7, 11) is -2.87. The molecule has 1 aliphatic rings. The maximum Gasteiger partial charge on any atom is 0.148 e. The fourth-order valence-electron chi connectivity index (χ4n) is 2.96. The Kier molecular flexibility index (Phi) is 6.08. The van der Waals surface area contributed by atoms with Crippen LogP contribution >= 0.6 is 0 Å². The molecule has 0 saturated carbocycles. The maximum absolute atomic E-state index is 11.1. The molecule has 18 heavy (non-hydrogen) atoms. The third-order valence-corrected chi connectivity index (χ3v) is 4.52. The molecule has 4 nitrogen and oxygen atoms in total. The van der Waals surface area contributed by atoms with Crippen molar-refractivity contribution in [3.63, 3.8) is 0 Å². The molecule has 0 spiro atoms. The topological polar surface area (TPSA) is 49.4 Å². The maximum atomic E-state index is 11.1. The van der Waals surface area contributed by atoms with Gasteiger partial charge in [0.25, 0.3) is 0 Å². The smallest absolute Gasteiger partial charge is 0.148 e. The van der Waals surface area contributed by atoms with Gasteiger partial charge in [0.05, 0.1) is 5.75 Å². The van der Waals surface area contributed by atoms with Crippen LogP contribution in [-0.2, 0) is 9.84 Å². The fraction of sp³-hybridized carbons (Fsp3) is 1.00. The first-order valence-electron chi connectivity index (χ1n) is 6.89. The number of piperidine rings is 1. The van der Waals surface area contributed by atoms with E-state index in [2.05, 4.69) is 24.1 Å². The number of hydrogen-bond donors (Lipinski definition) is 1. The number of nitrogens with zero attached hydrogens (tertiary/aromatic N) is 1. The minimum atomic E-state index is -2.87. The Morgan fingerprint density at radius 3 is 2.33 bits per heavy atom. The van der Waals surface area contributed by atoms with Gasteiger partial charge in [0, 0.05) is 38.5 Å². The largest absolute Gasteiger partial charge is 0.312 e. The van der Waals surface area contributed by atoms with Gasteiger partial charge in [-0.05, 0) is 25.2 Å². The summed E-state index contributed by atoms with van der Waals surface area (Å²) in [6, 6.07) is 0.0413. The van der Waals surface area contributed by atoms with Crippen molar-refractivity contribution in [3.05, 3.63) is 0 Å².